The van der Waals surface area contributed by atoms with E-state index >= 15 is 0 Å². The molecule has 0 bridgehead atoms. The van der Waals surface area contributed by atoms with Crippen LogP contribution in [0.3, 0.4) is 0 Å². The van der Waals surface area contributed by atoms with Crippen molar-refractivity contribution < 1.29 is 19.4 Å². The fourth-order valence-corrected chi connectivity index (χ4v) is 0.908. The minimum Gasteiger partial charge on any atom is -0.494 e. The standard InChI is InChI=1S/C9H16O4/c1-4-7(12-5-2)8(9(10)11)13-6-3/h4-6H2,1-3H3,(H,10,11)/b8-7-. The van der Waals surface area contributed by atoms with Crippen molar-refractivity contribution in [3.05, 3.63) is 11.5 Å². The van der Waals surface area contributed by atoms with Gasteiger partial charge in [0, 0.05) is 6.42 Å². The fraction of sp³-hybridized carbons (Fsp3) is 0.667. The Labute approximate surface area is 78.2 Å². The van der Waals surface area contributed by atoms with Gasteiger partial charge in [0.15, 0.2) is 0 Å². The summed E-state index contributed by atoms with van der Waals surface area (Å²) in [7, 11) is 0. The highest BCUT2D eigenvalue weighted by molar-refractivity contribution is 5.84. The highest BCUT2D eigenvalue weighted by atomic mass is 16.5. The van der Waals surface area contributed by atoms with Gasteiger partial charge in [0.05, 0.1) is 13.2 Å². The molecule has 0 aromatic heterocycles. The Hall–Kier alpha value is -1.19. The molecule has 0 heterocycles. The average Bonchev–Trinajstić information content (AvgIpc) is 2.10. The average molecular weight is 188 g/mol. The van der Waals surface area contributed by atoms with Crippen molar-refractivity contribution in [1.82, 2.24) is 0 Å². The number of rotatable bonds is 6. The van der Waals surface area contributed by atoms with Gasteiger partial charge >= 0.3 is 5.97 Å². The molecule has 4 heteroatoms. The molecule has 0 aromatic rings. The summed E-state index contributed by atoms with van der Waals surface area (Å²) in [5.74, 6) is -0.754. The van der Waals surface area contributed by atoms with Crippen molar-refractivity contribution >= 4 is 5.97 Å². The van der Waals surface area contributed by atoms with E-state index in [9.17, 15) is 4.79 Å². The number of allylic oxidation sites excluding steroid dienone is 1. The number of hydrogen-bond acceptors (Lipinski definition) is 3. The van der Waals surface area contributed by atoms with E-state index < -0.39 is 5.97 Å². The minimum atomic E-state index is -1.08. The Morgan fingerprint density at radius 1 is 1.15 bits per heavy atom. The summed E-state index contributed by atoms with van der Waals surface area (Å²) in [6.07, 6.45) is 0.523. The normalized spacial score (nSPS) is 11.9. The van der Waals surface area contributed by atoms with E-state index in [1.165, 1.54) is 0 Å². The topological polar surface area (TPSA) is 55.8 Å². The molecule has 0 unspecified atom stereocenters. The van der Waals surface area contributed by atoms with Crippen molar-refractivity contribution in [1.29, 1.82) is 0 Å². The maximum atomic E-state index is 10.7. The molecule has 0 saturated carbocycles. The first-order valence-electron chi connectivity index (χ1n) is 4.39. The molecule has 0 aliphatic rings. The predicted molar refractivity (Wildman–Crippen MR) is 48.2 cm³/mol. The molecule has 1 N–H and O–H groups in total. The molecule has 0 radical (unpaired) electrons. The molecule has 0 aromatic carbocycles. The number of ether oxygens (including phenoxy) is 2. The zero-order valence-electron chi connectivity index (χ0n) is 8.29. The van der Waals surface area contributed by atoms with Crippen LogP contribution >= 0.6 is 0 Å². The number of aliphatic carboxylic acids is 1. The van der Waals surface area contributed by atoms with Gasteiger partial charge in [0.25, 0.3) is 0 Å². The van der Waals surface area contributed by atoms with Gasteiger partial charge in [-0.25, -0.2) is 4.79 Å². The molecule has 13 heavy (non-hydrogen) atoms. The van der Waals surface area contributed by atoms with Crippen molar-refractivity contribution in [3.8, 4) is 0 Å². The first kappa shape index (κ1) is 11.8. The molecule has 0 amide bonds. The van der Waals surface area contributed by atoms with Gasteiger partial charge in [0.1, 0.15) is 5.76 Å². The van der Waals surface area contributed by atoms with Crippen LogP contribution in [0.2, 0.25) is 0 Å². The number of carboxylic acids is 1. The van der Waals surface area contributed by atoms with E-state index in [0.717, 1.165) is 0 Å². The van der Waals surface area contributed by atoms with Crippen LogP contribution in [0.15, 0.2) is 11.5 Å². The lowest BCUT2D eigenvalue weighted by Crippen LogP contribution is -2.10. The maximum Gasteiger partial charge on any atom is 0.374 e. The van der Waals surface area contributed by atoms with Gasteiger partial charge in [-0.15, -0.1) is 0 Å². The molecule has 0 spiro atoms. The number of carbonyl (C=O) groups is 1. The summed E-state index contributed by atoms with van der Waals surface area (Å²) >= 11 is 0. The molecule has 0 rings (SSSR count). The van der Waals surface area contributed by atoms with E-state index in [-0.39, 0.29) is 5.76 Å². The Bertz CT molecular complexity index is 196. The van der Waals surface area contributed by atoms with Gasteiger partial charge in [-0.2, -0.15) is 0 Å². The van der Waals surface area contributed by atoms with Gasteiger partial charge in [-0.1, -0.05) is 6.92 Å². The quantitative estimate of drug-likeness (QED) is 0.509. The van der Waals surface area contributed by atoms with Gasteiger partial charge < -0.3 is 14.6 Å². The lowest BCUT2D eigenvalue weighted by atomic mass is 10.3. The summed E-state index contributed by atoms with van der Waals surface area (Å²) < 4.78 is 10.1. The molecular formula is C9H16O4. The zero-order valence-corrected chi connectivity index (χ0v) is 8.29. The predicted octanol–water partition coefficient (Wildman–Crippen LogP) is 1.77. The summed E-state index contributed by atoms with van der Waals surface area (Å²) in [5, 5.41) is 8.77. The summed E-state index contributed by atoms with van der Waals surface area (Å²) in [6.45, 7) is 6.15. The lowest BCUT2D eigenvalue weighted by molar-refractivity contribution is -0.137. The summed E-state index contributed by atoms with van der Waals surface area (Å²) in [6, 6.07) is 0. The Morgan fingerprint density at radius 3 is 2.00 bits per heavy atom. The molecule has 76 valence electrons. The maximum absolute atomic E-state index is 10.7. The Morgan fingerprint density at radius 2 is 1.69 bits per heavy atom. The second-order valence-corrected chi connectivity index (χ2v) is 2.28. The third-order valence-electron chi connectivity index (χ3n) is 1.38. The first-order chi connectivity index (χ1) is 6.17. The van der Waals surface area contributed by atoms with E-state index in [4.69, 9.17) is 14.6 Å². The van der Waals surface area contributed by atoms with Crippen LogP contribution in [0, 0.1) is 0 Å². The van der Waals surface area contributed by atoms with Gasteiger partial charge in [-0.05, 0) is 13.8 Å². The van der Waals surface area contributed by atoms with Crippen LogP contribution < -0.4 is 0 Å². The number of carboxylic acid groups (broad SMARTS) is 1. The van der Waals surface area contributed by atoms with Gasteiger partial charge in [0.2, 0.25) is 5.76 Å². The third-order valence-corrected chi connectivity index (χ3v) is 1.38. The molecule has 0 fully saturated rings. The minimum absolute atomic E-state index is 0.0770. The third kappa shape index (κ3) is 3.83. The number of hydrogen-bond donors (Lipinski definition) is 1. The second kappa shape index (κ2) is 6.34. The Balaban J connectivity index is 4.66. The largest absolute Gasteiger partial charge is 0.494 e. The van der Waals surface area contributed by atoms with E-state index in [2.05, 4.69) is 0 Å². The monoisotopic (exact) mass is 188 g/mol. The summed E-state index contributed by atoms with van der Waals surface area (Å²) in [4.78, 5) is 10.7. The Kier molecular flexibility index (Phi) is 5.76. The lowest BCUT2D eigenvalue weighted by Gasteiger charge is -2.10. The zero-order chi connectivity index (χ0) is 10.3. The summed E-state index contributed by atoms with van der Waals surface area (Å²) in [5.41, 5.74) is 0. The van der Waals surface area contributed by atoms with E-state index in [0.29, 0.717) is 25.4 Å². The van der Waals surface area contributed by atoms with Crippen LogP contribution in [0.25, 0.3) is 0 Å². The molecule has 0 saturated heterocycles. The molecule has 0 aliphatic carbocycles. The van der Waals surface area contributed by atoms with E-state index in [1.54, 1.807) is 13.8 Å². The van der Waals surface area contributed by atoms with Crippen LogP contribution in [-0.2, 0) is 14.3 Å². The highest BCUT2D eigenvalue weighted by Gasteiger charge is 2.15. The highest BCUT2D eigenvalue weighted by Crippen LogP contribution is 2.12. The van der Waals surface area contributed by atoms with Crippen molar-refractivity contribution in [2.75, 3.05) is 13.2 Å². The van der Waals surface area contributed by atoms with Crippen molar-refractivity contribution in [3.63, 3.8) is 0 Å². The van der Waals surface area contributed by atoms with Crippen LogP contribution in [0.5, 0.6) is 0 Å². The molecular weight excluding hydrogens is 172 g/mol. The van der Waals surface area contributed by atoms with Crippen LogP contribution in [-0.4, -0.2) is 24.3 Å². The smallest absolute Gasteiger partial charge is 0.374 e. The molecule has 0 atom stereocenters. The first-order valence-corrected chi connectivity index (χ1v) is 4.39. The van der Waals surface area contributed by atoms with Crippen LogP contribution in [0.1, 0.15) is 27.2 Å². The molecule has 0 aliphatic heterocycles. The molecule has 4 nitrogen and oxygen atoms in total. The van der Waals surface area contributed by atoms with Crippen LogP contribution in [0.4, 0.5) is 0 Å². The van der Waals surface area contributed by atoms with Crippen molar-refractivity contribution in [2.45, 2.75) is 27.2 Å². The van der Waals surface area contributed by atoms with Gasteiger partial charge in [-0.3, -0.25) is 0 Å². The fourth-order valence-electron chi connectivity index (χ4n) is 0.908. The second-order valence-electron chi connectivity index (χ2n) is 2.28. The SMILES string of the molecule is CCO/C(CC)=C(\OCC)C(=O)O. The van der Waals surface area contributed by atoms with Crippen molar-refractivity contribution in [2.24, 2.45) is 0 Å². The van der Waals surface area contributed by atoms with E-state index in [1.807, 2.05) is 6.92 Å².